The van der Waals surface area contributed by atoms with E-state index in [1.807, 2.05) is 44.2 Å². The van der Waals surface area contributed by atoms with E-state index in [1.54, 1.807) is 24.0 Å². The van der Waals surface area contributed by atoms with Crippen molar-refractivity contribution in [2.24, 2.45) is 0 Å². The molecule has 4 nitrogen and oxygen atoms in total. The van der Waals surface area contributed by atoms with Crippen LogP contribution in [0, 0.1) is 5.82 Å². The van der Waals surface area contributed by atoms with E-state index in [1.165, 1.54) is 23.9 Å². The maximum Gasteiger partial charge on any atom is 0.242 e. The topological polar surface area (TPSA) is 49.4 Å². The zero-order chi connectivity index (χ0) is 19.8. The predicted octanol–water partition coefficient (Wildman–Crippen LogP) is 3.86. The summed E-state index contributed by atoms with van der Waals surface area (Å²) in [5.41, 5.74) is 0.777. The van der Waals surface area contributed by atoms with Crippen LogP contribution in [0.25, 0.3) is 0 Å². The number of thioether (sulfide) groups is 1. The Hall–Kier alpha value is -2.34. The maximum atomic E-state index is 13.2. The fourth-order valence-corrected chi connectivity index (χ4v) is 3.32. The molecule has 0 radical (unpaired) electrons. The fourth-order valence-electron chi connectivity index (χ4n) is 2.52. The summed E-state index contributed by atoms with van der Waals surface area (Å²) in [5.74, 6) is -0.448. The third kappa shape index (κ3) is 6.71. The SMILES string of the molecule is CC(C)NC(=O)[C@@H](C)N(Cc1ccc(F)cc1)C(=O)CSc1ccccc1. The summed E-state index contributed by atoms with van der Waals surface area (Å²) in [5, 5.41) is 2.85. The summed E-state index contributed by atoms with van der Waals surface area (Å²) in [6.07, 6.45) is 0. The van der Waals surface area contributed by atoms with E-state index >= 15 is 0 Å². The summed E-state index contributed by atoms with van der Waals surface area (Å²) < 4.78 is 13.2. The Labute approximate surface area is 164 Å². The number of nitrogens with one attached hydrogen (secondary N) is 1. The normalized spacial score (nSPS) is 11.9. The van der Waals surface area contributed by atoms with Gasteiger partial charge in [-0.1, -0.05) is 30.3 Å². The Morgan fingerprint density at radius 2 is 1.67 bits per heavy atom. The number of benzene rings is 2. The molecule has 1 N–H and O–H groups in total. The van der Waals surface area contributed by atoms with Crippen LogP contribution in [0.5, 0.6) is 0 Å². The number of hydrogen-bond donors (Lipinski definition) is 1. The smallest absolute Gasteiger partial charge is 0.242 e. The second kappa shape index (κ2) is 10.1. The van der Waals surface area contributed by atoms with E-state index in [2.05, 4.69) is 5.32 Å². The lowest BCUT2D eigenvalue weighted by molar-refractivity contribution is -0.138. The number of halogens is 1. The summed E-state index contributed by atoms with van der Waals surface area (Å²) in [6, 6.07) is 15.0. The van der Waals surface area contributed by atoms with Crippen molar-refractivity contribution in [3.8, 4) is 0 Å². The van der Waals surface area contributed by atoms with Crippen LogP contribution in [0.15, 0.2) is 59.5 Å². The van der Waals surface area contributed by atoms with Crippen LogP contribution < -0.4 is 5.32 Å². The molecule has 2 aromatic rings. The maximum absolute atomic E-state index is 13.2. The highest BCUT2D eigenvalue weighted by atomic mass is 32.2. The zero-order valence-corrected chi connectivity index (χ0v) is 16.6. The monoisotopic (exact) mass is 388 g/mol. The Balaban J connectivity index is 2.12. The summed E-state index contributed by atoms with van der Waals surface area (Å²) in [4.78, 5) is 27.9. The van der Waals surface area contributed by atoms with Crippen LogP contribution in [-0.2, 0) is 16.1 Å². The van der Waals surface area contributed by atoms with Gasteiger partial charge in [-0.25, -0.2) is 4.39 Å². The van der Waals surface area contributed by atoms with Crippen molar-refractivity contribution in [3.63, 3.8) is 0 Å². The van der Waals surface area contributed by atoms with Crippen LogP contribution in [0.1, 0.15) is 26.3 Å². The van der Waals surface area contributed by atoms with Crippen molar-refractivity contribution in [2.75, 3.05) is 5.75 Å². The lowest BCUT2D eigenvalue weighted by atomic mass is 10.1. The molecule has 0 aromatic heterocycles. The molecule has 0 aliphatic carbocycles. The molecule has 2 rings (SSSR count). The Kier molecular flexibility index (Phi) is 7.85. The predicted molar refractivity (Wildman–Crippen MR) is 107 cm³/mol. The van der Waals surface area contributed by atoms with Gasteiger partial charge in [0.25, 0.3) is 0 Å². The van der Waals surface area contributed by atoms with Crippen LogP contribution in [0.3, 0.4) is 0 Å². The molecule has 1 atom stereocenters. The highest BCUT2D eigenvalue weighted by Gasteiger charge is 2.26. The standard InChI is InChI=1S/C21H25FN2O2S/c1-15(2)23-21(26)16(3)24(13-17-9-11-18(22)12-10-17)20(25)14-27-19-7-5-4-6-8-19/h4-12,15-16H,13-14H2,1-3H3,(H,23,26)/t16-/m1/s1. The Morgan fingerprint density at radius 3 is 2.26 bits per heavy atom. The van der Waals surface area contributed by atoms with Crippen molar-refractivity contribution < 1.29 is 14.0 Å². The molecular formula is C21H25FN2O2S. The van der Waals surface area contributed by atoms with E-state index in [0.717, 1.165) is 10.5 Å². The van der Waals surface area contributed by atoms with Gasteiger partial charge in [0.05, 0.1) is 5.75 Å². The van der Waals surface area contributed by atoms with Crippen LogP contribution in [0.2, 0.25) is 0 Å². The number of carbonyl (C=O) groups excluding carboxylic acids is 2. The molecule has 0 aliphatic rings. The van der Waals surface area contributed by atoms with Crippen molar-refractivity contribution in [1.82, 2.24) is 10.2 Å². The van der Waals surface area contributed by atoms with Crippen LogP contribution >= 0.6 is 11.8 Å². The molecule has 0 aliphatic heterocycles. The number of hydrogen-bond acceptors (Lipinski definition) is 3. The van der Waals surface area contributed by atoms with E-state index in [-0.39, 0.29) is 36.0 Å². The van der Waals surface area contributed by atoms with Crippen molar-refractivity contribution >= 4 is 23.6 Å². The highest BCUT2D eigenvalue weighted by molar-refractivity contribution is 8.00. The van der Waals surface area contributed by atoms with Gasteiger partial charge in [-0.05, 0) is 50.6 Å². The second-order valence-corrected chi connectivity index (χ2v) is 7.64. The average Bonchev–Trinajstić information content (AvgIpc) is 2.65. The van der Waals surface area contributed by atoms with Crippen LogP contribution in [-0.4, -0.2) is 34.6 Å². The van der Waals surface area contributed by atoms with E-state index in [4.69, 9.17) is 0 Å². The second-order valence-electron chi connectivity index (χ2n) is 6.59. The third-order valence-electron chi connectivity index (χ3n) is 3.97. The van der Waals surface area contributed by atoms with E-state index in [0.29, 0.717) is 0 Å². The van der Waals surface area contributed by atoms with Crippen molar-refractivity contribution in [1.29, 1.82) is 0 Å². The molecule has 27 heavy (non-hydrogen) atoms. The summed E-state index contributed by atoms with van der Waals surface area (Å²) in [6.45, 7) is 5.72. The number of carbonyl (C=O) groups is 2. The van der Waals surface area contributed by atoms with Crippen LogP contribution in [0.4, 0.5) is 4.39 Å². The molecule has 6 heteroatoms. The van der Waals surface area contributed by atoms with E-state index in [9.17, 15) is 14.0 Å². The van der Waals surface area contributed by atoms with Gasteiger partial charge in [0.1, 0.15) is 11.9 Å². The lowest BCUT2D eigenvalue weighted by Gasteiger charge is -2.29. The first-order valence-electron chi connectivity index (χ1n) is 8.89. The molecule has 0 saturated carbocycles. The van der Waals surface area contributed by atoms with Gasteiger partial charge in [-0.15, -0.1) is 11.8 Å². The van der Waals surface area contributed by atoms with Gasteiger partial charge in [-0.3, -0.25) is 9.59 Å². The first kappa shape index (κ1) is 21.0. The van der Waals surface area contributed by atoms with Gasteiger partial charge in [0.2, 0.25) is 11.8 Å². The van der Waals surface area contributed by atoms with Gasteiger partial charge in [-0.2, -0.15) is 0 Å². The minimum Gasteiger partial charge on any atom is -0.352 e. The molecule has 0 saturated heterocycles. The summed E-state index contributed by atoms with van der Waals surface area (Å²) >= 11 is 1.43. The van der Waals surface area contributed by atoms with E-state index < -0.39 is 6.04 Å². The molecule has 2 aromatic carbocycles. The largest absolute Gasteiger partial charge is 0.352 e. The van der Waals surface area contributed by atoms with Gasteiger partial charge in [0, 0.05) is 17.5 Å². The van der Waals surface area contributed by atoms with Gasteiger partial charge < -0.3 is 10.2 Å². The molecule has 0 fully saturated rings. The third-order valence-corrected chi connectivity index (χ3v) is 4.97. The zero-order valence-electron chi connectivity index (χ0n) is 15.8. The Morgan fingerprint density at radius 1 is 1.04 bits per heavy atom. The molecule has 0 unspecified atom stereocenters. The minimum absolute atomic E-state index is 0.0126. The van der Waals surface area contributed by atoms with Crippen molar-refractivity contribution in [3.05, 3.63) is 66.0 Å². The number of nitrogens with zero attached hydrogens (tertiary/aromatic N) is 1. The molecule has 144 valence electrons. The molecular weight excluding hydrogens is 363 g/mol. The summed E-state index contributed by atoms with van der Waals surface area (Å²) in [7, 11) is 0. The average molecular weight is 389 g/mol. The molecule has 2 amide bonds. The Bertz CT molecular complexity index is 751. The van der Waals surface area contributed by atoms with Crippen molar-refractivity contribution in [2.45, 2.75) is 44.3 Å². The van der Waals surface area contributed by atoms with Gasteiger partial charge in [0.15, 0.2) is 0 Å². The quantitative estimate of drug-likeness (QED) is 0.699. The minimum atomic E-state index is -0.624. The number of amides is 2. The molecule has 0 heterocycles. The molecule has 0 bridgehead atoms. The highest BCUT2D eigenvalue weighted by Crippen LogP contribution is 2.19. The van der Waals surface area contributed by atoms with Gasteiger partial charge >= 0.3 is 0 Å². The fraction of sp³-hybridized carbons (Fsp3) is 0.333. The number of rotatable bonds is 8. The molecule has 0 spiro atoms. The first-order chi connectivity index (χ1) is 12.9. The first-order valence-corrected chi connectivity index (χ1v) is 9.87. The lowest BCUT2D eigenvalue weighted by Crippen LogP contribution is -2.49.